The van der Waals surface area contributed by atoms with Crippen LogP contribution in [-0.2, 0) is 4.79 Å². The van der Waals surface area contributed by atoms with Gasteiger partial charge in [0.15, 0.2) is 0 Å². The second-order valence-corrected chi connectivity index (χ2v) is 2.85. The Morgan fingerprint density at radius 2 is 2.40 bits per heavy atom. The van der Waals surface area contributed by atoms with Crippen LogP contribution in [0.5, 0.6) is 0 Å². The Morgan fingerprint density at radius 3 is 2.80 bits per heavy atom. The number of amides is 1. The summed E-state index contributed by atoms with van der Waals surface area (Å²) in [4.78, 5) is 14.3. The molecule has 0 bridgehead atoms. The molecule has 0 aromatic heterocycles. The molecule has 1 atom stereocenters. The lowest BCUT2D eigenvalue weighted by Gasteiger charge is -2.00. The van der Waals surface area contributed by atoms with Crippen LogP contribution in [0, 0.1) is 11.8 Å². The van der Waals surface area contributed by atoms with Crippen molar-refractivity contribution in [3.8, 4) is 0 Å². The Hall–Kier alpha value is -0.530. The highest BCUT2D eigenvalue weighted by atomic mass is 32.1. The molecule has 0 N–H and O–H groups in total. The lowest BCUT2D eigenvalue weighted by Crippen LogP contribution is -2.09. The zero-order valence-corrected chi connectivity index (χ0v) is 6.65. The van der Waals surface area contributed by atoms with Crippen molar-refractivity contribution >= 4 is 23.3 Å². The van der Waals surface area contributed by atoms with Gasteiger partial charge >= 0.3 is 0 Å². The molecule has 1 rings (SSSR count). The normalized spacial score (nSPS) is 19.3. The summed E-state index contributed by atoms with van der Waals surface area (Å²) in [5, 5.41) is 2.09. The van der Waals surface area contributed by atoms with Gasteiger partial charge in [-0.15, -0.1) is 0 Å². The maximum Gasteiger partial charge on any atom is 0.257 e. The molecule has 10 heavy (non-hydrogen) atoms. The van der Waals surface area contributed by atoms with E-state index in [2.05, 4.69) is 22.4 Å². The molecule has 0 aromatic carbocycles. The second-order valence-electron chi connectivity index (χ2n) is 2.67. The van der Waals surface area contributed by atoms with E-state index < -0.39 is 0 Å². The molecular weight excluding hydrogens is 146 g/mol. The van der Waals surface area contributed by atoms with Crippen LogP contribution in [-0.4, -0.2) is 11.1 Å². The molecule has 1 aliphatic carbocycles. The van der Waals surface area contributed by atoms with E-state index in [1.165, 1.54) is 12.8 Å². The minimum atomic E-state index is -0.113. The second kappa shape index (κ2) is 3.04. The van der Waals surface area contributed by atoms with Crippen LogP contribution in [0.1, 0.15) is 19.8 Å². The van der Waals surface area contributed by atoms with Crippen LogP contribution in [0.25, 0.3) is 0 Å². The summed E-state index contributed by atoms with van der Waals surface area (Å²) < 4.78 is 0. The molecule has 54 valence electrons. The molecule has 0 heterocycles. The molecule has 0 aliphatic heterocycles. The lowest BCUT2D eigenvalue weighted by atomic mass is 10.1. The molecular formula is C7H9NOS. The van der Waals surface area contributed by atoms with E-state index >= 15 is 0 Å². The highest BCUT2D eigenvalue weighted by Crippen LogP contribution is 2.36. The Morgan fingerprint density at radius 1 is 1.80 bits per heavy atom. The van der Waals surface area contributed by atoms with Gasteiger partial charge in [-0.25, -0.2) is 0 Å². The summed E-state index contributed by atoms with van der Waals surface area (Å²) in [6.45, 7) is 1.90. The molecule has 1 unspecified atom stereocenters. The van der Waals surface area contributed by atoms with Gasteiger partial charge in [0.1, 0.15) is 0 Å². The fourth-order valence-corrected chi connectivity index (χ4v) is 1.03. The molecule has 1 amide bonds. The fourth-order valence-electron chi connectivity index (χ4n) is 0.945. The van der Waals surface area contributed by atoms with Crippen LogP contribution < -0.4 is 0 Å². The van der Waals surface area contributed by atoms with E-state index in [-0.39, 0.29) is 11.8 Å². The van der Waals surface area contributed by atoms with E-state index in [1.54, 1.807) is 0 Å². The molecule has 1 aliphatic rings. The number of nitrogens with zero attached hydrogens (tertiary/aromatic N) is 1. The van der Waals surface area contributed by atoms with Crippen molar-refractivity contribution in [1.82, 2.24) is 0 Å². The maximum atomic E-state index is 10.9. The summed E-state index contributed by atoms with van der Waals surface area (Å²) in [6.07, 6.45) is 2.33. The Bertz CT molecular complexity index is 192. The average Bonchev–Trinajstić information content (AvgIpc) is 2.68. The van der Waals surface area contributed by atoms with Crippen molar-refractivity contribution in [3.05, 3.63) is 0 Å². The van der Waals surface area contributed by atoms with Crippen molar-refractivity contribution in [3.63, 3.8) is 0 Å². The average molecular weight is 155 g/mol. The molecule has 1 fully saturated rings. The molecule has 2 nitrogen and oxygen atoms in total. The first-order valence-corrected chi connectivity index (χ1v) is 3.78. The molecule has 0 spiro atoms. The molecule has 3 heteroatoms. The largest absolute Gasteiger partial charge is 0.272 e. The number of hydrogen-bond donors (Lipinski definition) is 0. The number of aliphatic imine (C=N–C) groups is 1. The van der Waals surface area contributed by atoms with Crippen LogP contribution in [0.3, 0.4) is 0 Å². The predicted molar refractivity (Wildman–Crippen MR) is 41.9 cm³/mol. The van der Waals surface area contributed by atoms with Crippen LogP contribution in [0.15, 0.2) is 4.99 Å². The first kappa shape index (κ1) is 7.58. The minimum Gasteiger partial charge on any atom is -0.272 e. The summed E-state index contributed by atoms with van der Waals surface area (Å²) in [5.41, 5.74) is 0. The molecule has 0 saturated heterocycles. The number of rotatable bonds is 2. The van der Waals surface area contributed by atoms with Crippen LogP contribution in [0.4, 0.5) is 0 Å². The number of isothiocyanates is 1. The van der Waals surface area contributed by atoms with Crippen LogP contribution in [0.2, 0.25) is 0 Å². The van der Waals surface area contributed by atoms with Gasteiger partial charge in [-0.1, -0.05) is 6.92 Å². The van der Waals surface area contributed by atoms with Gasteiger partial charge in [-0.2, -0.15) is 4.99 Å². The van der Waals surface area contributed by atoms with Crippen molar-refractivity contribution in [1.29, 1.82) is 0 Å². The predicted octanol–water partition coefficient (Wildman–Crippen LogP) is 1.66. The van der Waals surface area contributed by atoms with Gasteiger partial charge in [0.25, 0.3) is 5.91 Å². The first-order valence-electron chi connectivity index (χ1n) is 3.37. The van der Waals surface area contributed by atoms with Gasteiger partial charge in [-0.3, -0.25) is 4.79 Å². The number of carbonyl (C=O) groups excluding carboxylic acids is 1. The van der Waals surface area contributed by atoms with Crippen molar-refractivity contribution in [2.75, 3.05) is 0 Å². The quantitative estimate of drug-likeness (QED) is 0.448. The van der Waals surface area contributed by atoms with Gasteiger partial charge in [0, 0.05) is 5.92 Å². The molecule has 0 radical (unpaired) electrons. The lowest BCUT2D eigenvalue weighted by molar-refractivity contribution is -0.121. The SMILES string of the molecule is CC(C(=O)N=C=S)C1CC1. The summed E-state index contributed by atoms with van der Waals surface area (Å²) in [7, 11) is 0. The number of carbonyl (C=O) groups is 1. The topological polar surface area (TPSA) is 29.4 Å². The van der Waals surface area contributed by atoms with E-state index in [0.29, 0.717) is 5.92 Å². The monoisotopic (exact) mass is 155 g/mol. The van der Waals surface area contributed by atoms with Gasteiger partial charge < -0.3 is 0 Å². The van der Waals surface area contributed by atoms with E-state index in [9.17, 15) is 4.79 Å². The Labute approximate surface area is 65.3 Å². The first-order chi connectivity index (χ1) is 4.75. The van der Waals surface area contributed by atoms with Crippen molar-refractivity contribution < 1.29 is 4.79 Å². The fraction of sp³-hybridized carbons (Fsp3) is 0.714. The Balaban J connectivity index is 2.46. The summed E-state index contributed by atoms with van der Waals surface area (Å²) in [6, 6.07) is 0. The van der Waals surface area contributed by atoms with Gasteiger partial charge in [-0.05, 0) is 31.0 Å². The zero-order chi connectivity index (χ0) is 7.56. The van der Waals surface area contributed by atoms with Crippen molar-refractivity contribution in [2.45, 2.75) is 19.8 Å². The van der Waals surface area contributed by atoms with Crippen molar-refractivity contribution in [2.24, 2.45) is 16.8 Å². The standard InChI is InChI=1S/C7H9NOS/c1-5(6-2-3-6)7(9)8-4-10/h5-6H,2-3H2,1H3. The van der Waals surface area contributed by atoms with Gasteiger partial charge in [0.05, 0.1) is 5.16 Å². The third kappa shape index (κ3) is 1.72. The van der Waals surface area contributed by atoms with E-state index in [0.717, 1.165) is 0 Å². The van der Waals surface area contributed by atoms with Crippen LogP contribution >= 0.6 is 12.2 Å². The minimum absolute atomic E-state index is 0.0652. The van der Waals surface area contributed by atoms with E-state index in [4.69, 9.17) is 0 Å². The number of hydrogen-bond acceptors (Lipinski definition) is 2. The summed E-state index contributed by atoms with van der Waals surface area (Å²) >= 11 is 4.32. The smallest absolute Gasteiger partial charge is 0.257 e. The van der Waals surface area contributed by atoms with Gasteiger partial charge in [0.2, 0.25) is 0 Å². The highest BCUT2D eigenvalue weighted by molar-refractivity contribution is 7.78. The zero-order valence-electron chi connectivity index (χ0n) is 5.83. The Kier molecular flexibility index (Phi) is 2.30. The third-order valence-electron chi connectivity index (χ3n) is 1.87. The summed E-state index contributed by atoms with van der Waals surface area (Å²) in [5.74, 6) is 0.521. The van der Waals surface area contributed by atoms with E-state index in [1.807, 2.05) is 6.92 Å². The highest BCUT2D eigenvalue weighted by Gasteiger charge is 2.32. The third-order valence-corrected chi connectivity index (χ3v) is 1.97. The maximum absolute atomic E-state index is 10.9. The molecule has 1 saturated carbocycles. The number of thiocarbonyl (C=S) groups is 1. The molecule has 0 aromatic rings.